The van der Waals surface area contributed by atoms with Gasteiger partial charge in [0.05, 0.1) is 28.0 Å². The van der Waals surface area contributed by atoms with Crippen LogP contribution < -0.4 is 15.5 Å². The molecule has 0 spiro atoms. The Morgan fingerprint density at radius 1 is 0.756 bits per heavy atom. The molecule has 8 heteroatoms. The Labute approximate surface area is 237 Å². The van der Waals surface area contributed by atoms with Crippen molar-refractivity contribution in [2.24, 2.45) is 0 Å². The first-order chi connectivity index (χ1) is 19.9. The maximum atomic E-state index is 13.6. The summed E-state index contributed by atoms with van der Waals surface area (Å²) in [5, 5.41) is 6.24. The van der Waals surface area contributed by atoms with Gasteiger partial charge in [0.25, 0.3) is 11.8 Å². The van der Waals surface area contributed by atoms with Gasteiger partial charge in [-0.15, -0.1) is 0 Å². The molecule has 0 aliphatic rings. The molecule has 4 aromatic carbocycles. The number of carbonyl (C=O) groups excluding carboxylic acids is 3. The van der Waals surface area contributed by atoms with Crippen molar-refractivity contribution in [3.63, 3.8) is 0 Å². The van der Waals surface area contributed by atoms with Crippen molar-refractivity contribution in [3.05, 3.63) is 120 Å². The first-order valence-corrected chi connectivity index (χ1v) is 13.0. The van der Waals surface area contributed by atoms with Crippen molar-refractivity contribution < 1.29 is 19.1 Å². The predicted octanol–water partition coefficient (Wildman–Crippen LogP) is 6.02. The number of hydrogen-bond donors (Lipinski definition) is 2. The SMILES string of the molecule is CN(C)c1ccc(NC(=O)COC(=O)c2ccccc2NC(=O)c2cc(-c3ccccc3)nc3ccccc23)cc1. The zero-order valence-electron chi connectivity index (χ0n) is 22.6. The van der Waals surface area contributed by atoms with E-state index in [0.717, 1.165) is 11.3 Å². The maximum Gasteiger partial charge on any atom is 0.340 e. The van der Waals surface area contributed by atoms with E-state index in [2.05, 4.69) is 10.6 Å². The number of amides is 2. The van der Waals surface area contributed by atoms with Gasteiger partial charge < -0.3 is 20.3 Å². The first-order valence-electron chi connectivity index (χ1n) is 13.0. The summed E-state index contributed by atoms with van der Waals surface area (Å²) < 4.78 is 5.28. The normalized spacial score (nSPS) is 10.6. The Kier molecular flexibility index (Phi) is 8.01. The molecule has 2 amide bonds. The van der Waals surface area contributed by atoms with Crippen LogP contribution in [0.4, 0.5) is 17.1 Å². The van der Waals surface area contributed by atoms with Crippen LogP contribution >= 0.6 is 0 Å². The van der Waals surface area contributed by atoms with Gasteiger partial charge in [0.2, 0.25) is 0 Å². The molecular weight excluding hydrogens is 516 g/mol. The van der Waals surface area contributed by atoms with Crippen LogP contribution in [0.3, 0.4) is 0 Å². The summed E-state index contributed by atoms with van der Waals surface area (Å²) in [7, 11) is 3.85. The van der Waals surface area contributed by atoms with Crippen molar-refractivity contribution in [1.29, 1.82) is 0 Å². The minimum absolute atomic E-state index is 0.130. The molecule has 2 N–H and O–H groups in total. The van der Waals surface area contributed by atoms with Crippen LogP contribution in [0.5, 0.6) is 0 Å². The third kappa shape index (κ3) is 6.39. The lowest BCUT2D eigenvalue weighted by atomic mass is 10.0. The Hall–Kier alpha value is -5.50. The van der Waals surface area contributed by atoms with Gasteiger partial charge in [0.15, 0.2) is 6.61 Å². The number of nitrogens with one attached hydrogen (secondary N) is 2. The average Bonchev–Trinajstić information content (AvgIpc) is 3.00. The molecule has 0 saturated carbocycles. The first kappa shape index (κ1) is 27.1. The third-order valence-electron chi connectivity index (χ3n) is 6.43. The molecule has 0 aliphatic carbocycles. The fourth-order valence-electron chi connectivity index (χ4n) is 4.33. The van der Waals surface area contributed by atoms with Crippen molar-refractivity contribution in [3.8, 4) is 11.3 Å². The standard InChI is InChI=1S/C33H28N4O4/c1-37(2)24-18-16-23(17-19-24)34-31(38)21-41-33(40)26-13-7-9-15-29(26)36-32(39)27-20-30(22-10-4-3-5-11-22)35-28-14-8-6-12-25(27)28/h3-20H,21H2,1-2H3,(H,34,38)(H,36,39). The Bertz CT molecular complexity index is 1720. The van der Waals surface area contributed by atoms with E-state index in [9.17, 15) is 14.4 Å². The molecule has 1 aromatic heterocycles. The van der Waals surface area contributed by atoms with Gasteiger partial charge in [0.1, 0.15) is 0 Å². The second-order valence-electron chi connectivity index (χ2n) is 9.50. The summed E-state index contributed by atoms with van der Waals surface area (Å²) in [6, 6.07) is 32.5. The number of hydrogen-bond acceptors (Lipinski definition) is 6. The lowest BCUT2D eigenvalue weighted by Gasteiger charge is -2.14. The molecule has 41 heavy (non-hydrogen) atoms. The van der Waals surface area contributed by atoms with Gasteiger partial charge in [-0.1, -0.05) is 60.7 Å². The molecule has 5 aromatic rings. The van der Waals surface area contributed by atoms with Crippen LogP contribution in [0.1, 0.15) is 20.7 Å². The van der Waals surface area contributed by atoms with Gasteiger partial charge in [-0.2, -0.15) is 0 Å². The number of ether oxygens (including phenoxy) is 1. The summed E-state index contributed by atoms with van der Waals surface area (Å²) in [6.45, 7) is -0.480. The van der Waals surface area contributed by atoms with Crippen molar-refractivity contribution in [1.82, 2.24) is 4.98 Å². The second kappa shape index (κ2) is 12.1. The smallest absolute Gasteiger partial charge is 0.340 e. The predicted molar refractivity (Wildman–Crippen MR) is 161 cm³/mol. The van der Waals surface area contributed by atoms with E-state index in [1.807, 2.05) is 85.7 Å². The number of pyridine rings is 1. The van der Waals surface area contributed by atoms with E-state index in [1.54, 1.807) is 36.4 Å². The van der Waals surface area contributed by atoms with Crippen molar-refractivity contribution in [2.45, 2.75) is 0 Å². The highest BCUT2D eigenvalue weighted by molar-refractivity contribution is 6.14. The van der Waals surface area contributed by atoms with Crippen LogP contribution in [0.2, 0.25) is 0 Å². The summed E-state index contributed by atoms with van der Waals surface area (Å²) in [4.78, 5) is 45.6. The number of benzene rings is 4. The number of rotatable bonds is 8. The minimum atomic E-state index is -0.733. The van der Waals surface area contributed by atoms with E-state index >= 15 is 0 Å². The lowest BCUT2D eigenvalue weighted by molar-refractivity contribution is -0.119. The Morgan fingerprint density at radius 2 is 1.44 bits per heavy atom. The number of aromatic nitrogens is 1. The summed E-state index contributed by atoms with van der Waals surface area (Å²) in [5.74, 6) is -1.61. The second-order valence-corrected chi connectivity index (χ2v) is 9.50. The lowest BCUT2D eigenvalue weighted by Crippen LogP contribution is -2.22. The molecule has 1 heterocycles. The number of para-hydroxylation sites is 2. The summed E-state index contributed by atoms with van der Waals surface area (Å²) in [6.07, 6.45) is 0. The van der Waals surface area contributed by atoms with Crippen LogP contribution in [-0.4, -0.2) is 43.5 Å². The molecule has 0 saturated heterocycles. The molecule has 204 valence electrons. The van der Waals surface area contributed by atoms with Gasteiger partial charge in [-0.25, -0.2) is 9.78 Å². The number of anilines is 3. The number of nitrogens with zero attached hydrogens (tertiary/aromatic N) is 2. The van der Waals surface area contributed by atoms with E-state index in [4.69, 9.17) is 9.72 Å². The number of fused-ring (bicyclic) bond motifs is 1. The fourth-order valence-corrected chi connectivity index (χ4v) is 4.33. The molecular formula is C33H28N4O4. The molecule has 0 atom stereocenters. The highest BCUT2D eigenvalue weighted by Crippen LogP contribution is 2.26. The van der Waals surface area contributed by atoms with Crippen LogP contribution in [0.15, 0.2) is 109 Å². The zero-order valence-corrected chi connectivity index (χ0v) is 22.6. The van der Waals surface area contributed by atoms with E-state index in [-0.39, 0.29) is 11.3 Å². The largest absolute Gasteiger partial charge is 0.452 e. The molecule has 8 nitrogen and oxygen atoms in total. The van der Waals surface area contributed by atoms with Crippen LogP contribution in [0.25, 0.3) is 22.2 Å². The third-order valence-corrected chi connectivity index (χ3v) is 6.43. The number of carbonyl (C=O) groups is 3. The molecule has 0 radical (unpaired) electrons. The maximum absolute atomic E-state index is 13.6. The highest BCUT2D eigenvalue weighted by Gasteiger charge is 2.19. The average molecular weight is 545 g/mol. The van der Waals surface area contributed by atoms with E-state index in [0.29, 0.717) is 27.8 Å². The zero-order chi connectivity index (χ0) is 28.8. The molecule has 0 fully saturated rings. The summed E-state index contributed by atoms with van der Waals surface area (Å²) in [5.41, 5.74) is 4.60. The van der Waals surface area contributed by atoms with Crippen molar-refractivity contribution in [2.75, 3.05) is 36.2 Å². The van der Waals surface area contributed by atoms with E-state index < -0.39 is 24.4 Å². The van der Waals surface area contributed by atoms with Crippen molar-refractivity contribution >= 4 is 45.7 Å². The topological polar surface area (TPSA) is 101 Å². The van der Waals surface area contributed by atoms with Gasteiger partial charge in [-0.3, -0.25) is 9.59 Å². The minimum Gasteiger partial charge on any atom is -0.452 e. The van der Waals surface area contributed by atoms with Gasteiger partial charge in [0, 0.05) is 36.4 Å². The molecule has 0 bridgehead atoms. The highest BCUT2D eigenvalue weighted by atomic mass is 16.5. The van der Waals surface area contributed by atoms with Crippen LogP contribution in [-0.2, 0) is 9.53 Å². The van der Waals surface area contributed by atoms with Crippen LogP contribution in [0, 0.1) is 0 Å². The molecule has 0 aliphatic heterocycles. The van der Waals surface area contributed by atoms with Gasteiger partial charge >= 0.3 is 5.97 Å². The van der Waals surface area contributed by atoms with Gasteiger partial charge in [-0.05, 0) is 48.5 Å². The van der Waals surface area contributed by atoms with E-state index in [1.165, 1.54) is 6.07 Å². The Morgan fingerprint density at radius 3 is 2.20 bits per heavy atom. The fraction of sp³-hybridized carbons (Fsp3) is 0.0909. The monoisotopic (exact) mass is 544 g/mol. The number of esters is 1. The quantitative estimate of drug-likeness (QED) is 0.232. The Balaban J connectivity index is 1.31. The summed E-state index contributed by atoms with van der Waals surface area (Å²) >= 11 is 0. The molecule has 5 rings (SSSR count). The molecule has 0 unspecified atom stereocenters.